The van der Waals surface area contributed by atoms with Gasteiger partial charge in [0.05, 0.1) is 13.0 Å². The minimum Gasteiger partial charge on any atom is -0.493 e. The van der Waals surface area contributed by atoms with Gasteiger partial charge in [0.15, 0.2) is 0 Å². The second-order valence-electron chi connectivity index (χ2n) is 4.88. The normalized spacial score (nSPS) is 10.2. The lowest BCUT2D eigenvalue weighted by molar-refractivity contribution is -0.137. The lowest BCUT2D eigenvalue weighted by Gasteiger charge is -2.10. The third kappa shape index (κ3) is 4.72. The Labute approximate surface area is 138 Å². The molecule has 23 heavy (non-hydrogen) atoms. The number of hydrogen-bond donors (Lipinski definition) is 2. The number of nitrogens with one attached hydrogen (secondary N) is 1. The van der Waals surface area contributed by atoms with Crippen molar-refractivity contribution in [2.45, 2.75) is 13.3 Å². The molecule has 1 amide bonds. The summed E-state index contributed by atoms with van der Waals surface area (Å²) in [5.74, 6) is -0.660. The number of aliphatic carboxylic acids is 1. The second kappa shape index (κ2) is 7.65. The number of hydrogen-bond acceptors (Lipinski definition) is 3. The van der Waals surface area contributed by atoms with Crippen LogP contribution in [0.25, 0.3) is 0 Å². The van der Waals surface area contributed by atoms with Gasteiger partial charge >= 0.3 is 5.97 Å². The lowest BCUT2D eigenvalue weighted by atomic mass is 10.1. The molecule has 5 nitrogen and oxygen atoms in total. The van der Waals surface area contributed by atoms with E-state index in [0.717, 1.165) is 5.56 Å². The fourth-order valence-electron chi connectivity index (χ4n) is 1.90. The van der Waals surface area contributed by atoms with Gasteiger partial charge in [0.2, 0.25) is 0 Å². The van der Waals surface area contributed by atoms with Crippen molar-refractivity contribution in [3.8, 4) is 5.75 Å². The zero-order chi connectivity index (χ0) is 16.8. The quantitative estimate of drug-likeness (QED) is 0.844. The maximum atomic E-state index is 12.2. The maximum absolute atomic E-state index is 12.2. The molecule has 0 saturated heterocycles. The van der Waals surface area contributed by atoms with Crippen LogP contribution in [0.5, 0.6) is 5.75 Å². The van der Waals surface area contributed by atoms with E-state index in [2.05, 4.69) is 5.32 Å². The van der Waals surface area contributed by atoms with E-state index in [9.17, 15) is 9.59 Å². The summed E-state index contributed by atoms with van der Waals surface area (Å²) in [6.45, 7) is 1.92. The van der Waals surface area contributed by atoms with Gasteiger partial charge in [0.25, 0.3) is 5.91 Å². The molecular formula is C17H16ClNO4. The van der Waals surface area contributed by atoms with Crippen molar-refractivity contribution in [1.82, 2.24) is 0 Å². The van der Waals surface area contributed by atoms with Crippen LogP contribution >= 0.6 is 11.6 Å². The molecule has 0 heterocycles. The number of carboxylic acid groups (broad SMARTS) is 1. The van der Waals surface area contributed by atoms with Gasteiger partial charge in [-0.25, -0.2) is 0 Å². The van der Waals surface area contributed by atoms with Crippen LogP contribution in [-0.4, -0.2) is 23.6 Å². The number of benzene rings is 2. The van der Waals surface area contributed by atoms with Crippen LogP contribution in [-0.2, 0) is 4.79 Å². The van der Waals surface area contributed by atoms with Crippen LogP contribution in [0.4, 0.5) is 5.69 Å². The van der Waals surface area contributed by atoms with Gasteiger partial charge < -0.3 is 15.2 Å². The Morgan fingerprint density at radius 2 is 1.87 bits per heavy atom. The maximum Gasteiger partial charge on any atom is 0.306 e. The zero-order valence-electron chi connectivity index (χ0n) is 12.5. The second-order valence-corrected chi connectivity index (χ2v) is 5.29. The number of carboxylic acids is 1. The number of carbonyl (C=O) groups excluding carboxylic acids is 1. The summed E-state index contributed by atoms with van der Waals surface area (Å²) in [6.07, 6.45) is -0.0731. The van der Waals surface area contributed by atoms with Crippen molar-refractivity contribution >= 4 is 29.2 Å². The van der Waals surface area contributed by atoms with Gasteiger partial charge in [-0.05, 0) is 48.9 Å². The predicted octanol–water partition coefficient (Wildman–Crippen LogP) is 3.75. The summed E-state index contributed by atoms with van der Waals surface area (Å²) in [5, 5.41) is 11.9. The van der Waals surface area contributed by atoms with Crippen LogP contribution in [0.1, 0.15) is 22.3 Å². The Bertz CT molecular complexity index is 713. The van der Waals surface area contributed by atoms with Gasteiger partial charge in [-0.3, -0.25) is 9.59 Å². The minimum absolute atomic E-state index is 0.0731. The Balaban J connectivity index is 2.00. The van der Waals surface area contributed by atoms with Crippen molar-refractivity contribution < 1.29 is 19.4 Å². The molecule has 2 aromatic carbocycles. The monoisotopic (exact) mass is 333 g/mol. The van der Waals surface area contributed by atoms with Gasteiger partial charge in [0.1, 0.15) is 5.75 Å². The summed E-state index contributed by atoms with van der Waals surface area (Å²) < 4.78 is 5.27. The molecule has 0 unspecified atom stereocenters. The SMILES string of the molecule is Cc1c(Cl)cccc1NC(=O)c1ccc(OCCC(=O)O)cc1. The number of rotatable bonds is 6. The zero-order valence-corrected chi connectivity index (χ0v) is 13.3. The first-order valence-corrected chi connectivity index (χ1v) is 7.36. The smallest absolute Gasteiger partial charge is 0.306 e. The van der Waals surface area contributed by atoms with E-state index < -0.39 is 5.97 Å². The standard InChI is InChI=1S/C17H16ClNO4/c1-11-14(18)3-2-4-15(11)19-17(22)12-5-7-13(8-6-12)23-10-9-16(20)21/h2-8H,9-10H2,1H3,(H,19,22)(H,20,21). The molecule has 0 spiro atoms. The average molecular weight is 334 g/mol. The van der Waals surface area contributed by atoms with Crippen molar-refractivity contribution in [2.75, 3.05) is 11.9 Å². The number of ether oxygens (including phenoxy) is 1. The first-order chi connectivity index (χ1) is 11.0. The fourth-order valence-corrected chi connectivity index (χ4v) is 2.07. The van der Waals surface area contributed by atoms with Crippen LogP contribution in [0.15, 0.2) is 42.5 Å². The summed E-state index contributed by atoms with van der Waals surface area (Å²) in [5.41, 5.74) is 1.93. The minimum atomic E-state index is -0.919. The number of halogens is 1. The molecule has 0 aromatic heterocycles. The Morgan fingerprint density at radius 3 is 2.52 bits per heavy atom. The molecule has 0 aliphatic carbocycles. The van der Waals surface area contributed by atoms with Crippen molar-refractivity contribution in [3.63, 3.8) is 0 Å². The Kier molecular flexibility index (Phi) is 5.60. The van der Waals surface area contributed by atoms with Gasteiger partial charge in [-0.1, -0.05) is 17.7 Å². The average Bonchev–Trinajstić information content (AvgIpc) is 2.52. The van der Waals surface area contributed by atoms with Crippen molar-refractivity contribution in [3.05, 3.63) is 58.6 Å². The van der Waals surface area contributed by atoms with E-state index in [1.807, 2.05) is 6.92 Å². The lowest BCUT2D eigenvalue weighted by Crippen LogP contribution is -2.12. The molecule has 0 radical (unpaired) electrons. The molecule has 0 bridgehead atoms. The van der Waals surface area contributed by atoms with Gasteiger partial charge in [-0.2, -0.15) is 0 Å². The van der Waals surface area contributed by atoms with Crippen LogP contribution in [0, 0.1) is 6.92 Å². The van der Waals surface area contributed by atoms with Crippen LogP contribution in [0.3, 0.4) is 0 Å². The van der Waals surface area contributed by atoms with Crippen LogP contribution < -0.4 is 10.1 Å². The number of carbonyl (C=O) groups is 2. The van der Waals surface area contributed by atoms with E-state index in [0.29, 0.717) is 22.0 Å². The van der Waals surface area contributed by atoms with Gasteiger partial charge in [-0.15, -0.1) is 0 Å². The Morgan fingerprint density at radius 1 is 1.17 bits per heavy atom. The molecule has 0 aliphatic rings. The predicted molar refractivity (Wildman–Crippen MR) is 88.3 cm³/mol. The van der Waals surface area contributed by atoms with E-state index in [1.54, 1.807) is 42.5 Å². The fraction of sp³-hybridized carbons (Fsp3) is 0.176. The van der Waals surface area contributed by atoms with Crippen molar-refractivity contribution in [2.24, 2.45) is 0 Å². The molecule has 0 fully saturated rings. The number of anilines is 1. The molecule has 0 atom stereocenters. The van der Waals surface area contributed by atoms with E-state index in [-0.39, 0.29) is 18.9 Å². The highest BCUT2D eigenvalue weighted by Gasteiger charge is 2.09. The third-order valence-electron chi connectivity index (χ3n) is 3.22. The summed E-state index contributed by atoms with van der Waals surface area (Å²) in [4.78, 5) is 22.6. The van der Waals surface area contributed by atoms with E-state index in [4.69, 9.17) is 21.4 Å². The molecule has 6 heteroatoms. The van der Waals surface area contributed by atoms with E-state index in [1.165, 1.54) is 0 Å². The topological polar surface area (TPSA) is 75.6 Å². The molecule has 120 valence electrons. The first kappa shape index (κ1) is 16.8. The Hall–Kier alpha value is -2.53. The summed E-state index contributed by atoms with van der Waals surface area (Å²) in [7, 11) is 0. The highest BCUT2D eigenvalue weighted by molar-refractivity contribution is 6.31. The highest BCUT2D eigenvalue weighted by atomic mass is 35.5. The molecule has 0 aliphatic heterocycles. The molecular weight excluding hydrogens is 318 g/mol. The first-order valence-electron chi connectivity index (χ1n) is 6.98. The van der Waals surface area contributed by atoms with E-state index >= 15 is 0 Å². The molecule has 2 aromatic rings. The van der Waals surface area contributed by atoms with Crippen molar-refractivity contribution in [1.29, 1.82) is 0 Å². The highest BCUT2D eigenvalue weighted by Crippen LogP contribution is 2.23. The summed E-state index contributed by atoms with van der Waals surface area (Å²) in [6, 6.07) is 11.8. The third-order valence-corrected chi connectivity index (χ3v) is 3.63. The number of amides is 1. The molecule has 2 N–H and O–H groups in total. The van der Waals surface area contributed by atoms with Gasteiger partial charge in [0, 0.05) is 16.3 Å². The molecule has 2 rings (SSSR count). The largest absolute Gasteiger partial charge is 0.493 e. The molecule has 0 saturated carbocycles. The summed E-state index contributed by atoms with van der Waals surface area (Å²) >= 11 is 6.03. The van der Waals surface area contributed by atoms with Crippen LogP contribution in [0.2, 0.25) is 5.02 Å².